The Morgan fingerprint density at radius 1 is 0.884 bits per heavy atom. The number of allylic oxidation sites excluding steroid dienone is 2. The lowest BCUT2D eigenvalue weighted by molar-refractivity contribution is -0.782. The number of carbonyl (C=O) groups is 1. The molecule has 0 unspecified atom stereocenters. The van der Waals surface area contributed by atoms with Gasteiger partial charge in [-0.05, 0) is 70.7 Å². The van der Waals surface area contributed by atoms with Gasteiger partial charge in [-0.2, -0.15) is 0 Å². The van der Waals surface area contributed by atoms with E-state index in [-0.39, 0.29) is 4.90 Å². The Labute approximate surface area is 242 Å². The minimum Gasteiger partial charge on any atom is -0.465 e. The summed E-state index contributed by atoms with van der Waals surface area (Å²) < 4.78 is 43.0. The van der Waals surface area contributed by atoms with E-state index in [9.17, 15) is 47.9 Å². The van der Waals surface area contributed by atoms with Crippen LogP contribution in [0.15, 0.2) is 52.9 Å². The van der Waals surface area contributed by atoms with E-state index in [1.807, 2.05) is 0 Å². The van der Waals surface area contributed by atoms with E-state index in [4.69, 9.17) is 4.74 Å². The van der Waals surface area contributed by atoms with Crippen molar-refractivity contribution in [3.05, 3.63) is 101 Å². The van der Waals surface area contributed by atoms with Gasteiger partial charge in [0.25, 0.3) is 15.3 Å². The molecule has 0 heterocycles. The van der Waals surface area contributed by atoms with Crippen LogP contribution in [0, 0.1) is 41.6 Å². The number of carbonyl (C=O) groups excluding carboxylic acids is 1. The summed E-state index contributed by atoms with van der Waals surface area (Å²) in [5.74, 6) is -1.56. The number of nitrogens with zero attached hydrogens (tertiary/aromatic N) is 3. The second kappa shape index (κ2) is 13.2. The summed E-state index contributed by atoms with van der Waals surface area (Å²) in [6.45, 7) is -2.26. The summed E-state index contributed by atoms with van der Waals surface area (Å²) >= 11 is 0. The molecule has 3 rings (SSSR count). The molecule has 16 nitrogen and oxygen atoms in total. The predicted octanol–water partition coefficient (Wildman–Crippen LogP) is 3.10. The molecule has 0 amide bonds. The molecule has 0 aliphatic heterocycles. The molecule has 0 fully saturated rings. The molecule has 18 heteroatoms. The topological polar surface area (TPSA) is 218 Å². The Morgan fingerprint density at radius 3 is 1.91 bits per heavy atom. The van der Waals surface area contributed by atoms with E-state index in [1.165, 1.54) is 30.3 Å². The van der Waals surface area contributed by atoms with Crippen molar-refractivity contribution in [2.75, 3.05) is 32.7 Å². The van der Waals surface area contributed by atoms with Gasteiger partial charge in [-0.25, -0.2) is 12.8 Å². The molecule has 0 spiro atoms. The van der Waals surface area contributed by atoms with Crippen LogP contribution in [0.1, 0.15) is 30.0 Å². The molecule has 0 radical (unpaired) electrons. The first kappa shape index (κ1) is 32.4. The van der Waals surface area contributed by atoms with Gasteiger partial charge >= 0.3 is 5.97 Å². The molecule has 2 aromatic rings. The molecule has 0 aromatic heterocycles. The third-order valence-corrected chi connectivity index (χ3v) is 7.49. The molecule has 0 N–H and O–H groups in total. The molecule has 230 valence electrons. The molecule has 0 saturated carbocycles. The fourth-order valence-electron chi connectivity index (χ4n) is 4.21. The highest BCUT2D eigenvalue weighted by Gasteiger charge is 2.37. The maximum atomic E-state index is 14.2. The number of hydrogen-bond acceptors (Lipinski definition) is 13. The van der Waals surface area contributed by atoms with Crippen molar-refractivity contribution >= 4 is 33.0 Å². The molecule has 0 bridgehead atoms. The van der Waals surface area contributed by atoms with Gasteiger partial charge < -0.3 is 19.2 Å². The van der Waals surface area contributed by atoms with Crippen LogP contribution in [0.2, 0.25) is 0 Å². The van der Waals surface area contributed by atoms with Gasteiger partial charge in [0.1, 0.15) is 32.2 Å². The minimum atomic E-state index is -3.42. The quantitative estimate of drug-likeness (QED) is 0.158. The Balaban J connectivity index is 1.89. The predicted molar refractivity (Wildman–Crippen MR) is 143 cm³/mol. The Hall–Kier alpha value is -5.13. The maximum Gasteiger partial charge on any atom is 0.310 e. The van der Waals surface area contributed by atoms with Crippen LogP contribution in [-0.2, 0) is 33.9 Å². The van der Waals surface area contributed by atoms with Gasteiger partial charge in [0.05, 0.1) is 16.7 Å². The molecule has 43 heavy (non-hydrogen) atoms. The zero-order valence-corrected chi connectivity index (χ0v) is 23.4. The summed E-state index contributed by atoms with van der Waals surface area (Å²) in [5, 5.41) is 28.5. The van der Waals surface area contributed by atoms with Crippen LogP contribution in [0.25, 0.3) is 17.2 Å². The molecule has 0 atom stereocenters. The van der Waals surface area contributed by atoms with Crippen molar-refractivity contribution < 1.29 is 52.1 Å². The smallest absolute Gasteiger partial charge is 0.310 e. The third kappa shape index (κ3) is 8.68. The fourth-order valence-corrected chi connectivity index (χ4v) is 4.84. The molecule has 1 aliphatic rings. The van der Waals surface area contributed by atoms with Crippen molar-refractivity contribution in [3.8, 4) is 0 Å². The summed E-state index contributed by atoms with van der Waals surface area (Å²) in [6.07, 6.45) is 2.34. The lowest BCUT2D eigenvalue weighted by Gasteiger charge is -2.29. The lowest BCUT2D eigenvalue weighted by Crippen LogP contribution is -2.43. The summed E-state index contributed by atoms with van der Waals surface area (Å²) in [5.41, 5.74) is 1.04. The van der Waals surface area contributed by atoms with Gasteiger partial charge in [0, 0.05) is 6.26 Å². The number of fused-ring (bicyclic) bond motifs is 1. The van der Waals surface area contributed by atoms with Crippen LogP contribution in [0.4, 0.5) is 4.39 Å². The van der Waals surface area contributed by atoms with Crippen molar-refractivity contribution in [2.45, 2.75) is 18.2 Å². The highest BCUT2D eigenvalue weighted by molar-refractivity contribution is 7.90. The number of sulfone groups is 1. The number of rotatable bonds is 15. The van der Waals surface area contributed by atoms with E-state index >= 15 is 0 Å². The van der Waals surface area contributed by atoms with E-state index in [0.29, 0.717) is 33.4 Å². The molecular formula is C25H24FN3O13S. The highest BCUT2D eigenvalue weighted by Crippen LogP contribution is 2.44. The first-order valence-electron chi connectivity index (χ1n) is 12.1. The molecule has 1 aliphatic carbocycles. The monoisotopic (exact) mass is 625 g/mol. The van der Waals surface area contributed by atoms with E-state index in [0.717, 1.165) is 6.26 Å². The minimum absolute atomic E-state index is 0.117. The average Bonchev–Trinajstić information content (AvgIpc) is 3.17. The van der Waals surface area contributed by atoms with Crippen molar-refractivity contribution in [2.24, 2.45) is 5.41 Å². The number of esters is 1. The van der Waals surface area contributed by atoms with Crippen molar-refractivity contribution in [1.82, 2.24) is 0 Å². The second-order valence-electron chi connectivity index (χ2n) is 9.52. The molecule has 0 saturated heterocycles. The Morgan fingerprint density at radius 2 is 1.42 bits per heavy atom. The van der Waals surface area contributed by atoms with Crippen LogP contribution < -0.4 is 0 Å². The largest absolute Gasteiger partial charge is 0.465 e. The maximum absolute atomic E-state index is 14.2. The standard InChI is InChI=1S/C25H24FN3O13S/c1-16-21(9-17-3-6-19(7-4-17)43(2,37)38)20-8-5-18(26)10-23(20)22(16)11-24(30)39-12-25(13-40-27(31)32,14-41-28(33)34)15-42-29(35)36/h3-10H,11-15H2,1-2H3/b21-9-. The zero-order valence-electron chi connectivity index (χ0n) is 22.6. The lowest BCUT2D eigenvalue weighted by atomic mass is 9.92. The van der Waals surface area contributed by atoms with Gasteiger partial charge in [0.2, 0.25) is 0 Å². The first-order chi connectivity index (χ1) is 20.1. The average molecular weight is 626 g/mol. The number of ether oxygens (including phenoxy) is 1. The summed E-state index contributed by atoms with van der Waals surface area (Å²) in [6, 6.07) is 9.96. The molecular weight excluding hydrogens is 601 g/mol. The SMILES string of the molecule is CC1=C(CC(=O)OCC(CO[N+](=O)[O-])(CO[N+](=O)[O-])CO[N+](=O)[O-])c2cc(F)ccc2/C1=C\c1ccc(S(C)(=O)=O)cc1. The second-order valence-corrected chi connectivity index (χ2v) is 11.5. The van der Waals surface area contributed by atoms with Crippen LogP contribution in [0.5, 0.6) is 0 Å². The number of halogens is 1. The van der Waals surface area contributed by atoms with Crippen molar-refractivity contribution in [3.63, 3.8) is 0 Å². The van der Waals surface area contributed by atoms with E-state index in [1.54, 1.807) is 25.1 Å². The van der Waals surface area contributed by atoms with Crippen LogP contribution in [-0.4, -0.2) is 62.3 Å². The van der Waals surface area contributed by atoms with Gasteiger partial charge in [-0.15, -0.1) is 30.3 Å². The highest BCUT2D eigenvalue weighted by atomic mass is 32.2. The number of hydrogen-bond donors (Lipinski definition) is 0. The van der Waals surface area contributed by atoms with Gasteiger partial charge in [0.15, 0.2) is 9.84 Å². The third-order valence-electron chi connectivity index (χ3n) is 6.36. The van der Waals surface area contributed by atoms with E-state index < -0.39 is 75.1 Å². The first-order valence-corrected chi connectivity index (χ1v) is 14.0. The Bertz CT molecular complexity index is 1560. The van der Waals surface area contributed by atoms with Gasteiger partial charge in [-0.3, -0.25) is 4.79 Å². The van der Waals surface area contributed by atoms with Gasteiger partial charge in [-0.1, -0.05) is 18.2 Å². The summed E-state index contributed by atoms with van der Waals surface area (Å²) in [4.78, 5) is 58.0. The fraction of sp³-hybridized carbons (Fsp3) is 0.320. The number of benzene rings is 2. The van der Waals surface area contributed by atoms with E-state index in [2.05, 4.69) is 14.5 Å². The van der Waals surface area contributed by atoms with Crippen molar-refractivity contribution in [1.29, 1.82) is 0 Å². The zero-order chi connectivity index (χ0) is 31.9. The Kier molecular flexibility index (Phi) is 9.97. The normalized spacial score (nSPS) is 13.8. The summed E-state index contributed by atoms with van der Waals surface area (Å²) in [7, 11) is -3.42. The van der Waals surface area contributed by atoms with Crippen LogP contribution >= 0.6 is 0 Å². The van der Waals surface area contributed by atoms with Crippen LogP contribution in [0.3, 0.4) is 0 Å². The molecule has 2 aromatic carbocycles.